The minimum Gasteiger partial charge on any atom is -0.497 e. The van der Waals surface area contributed by atoms with E-state index < -0.39 is 5.91 Å². The predicted octanol–water partition coefficient (Wildman–Crippen LogP) is 3.88. The van der Waals surface area contributed by atoms with Crippen LogP contribution in [0.5, 0.6) is 11.5 Å². The van der Waals surface area contributed by atoms with Crippen molar-refractivity contribution in [1.29, 1.82) is 0 Å². The molecule has 4 rings (SSSR count). The molecule has 0 saturated heterocycles. The summed E-state index contributed by atoms with van der Waals surface area (Å²) in [4.78, 5) is 32.1. The number of nitrogens with zero attached hydrogens (tertiary/aromatic N) is 2. The molecule has 162 valence electrons. The van der Waals surface area contributed by atoms with Crippen LogP contribution in [-0.2, 0) is 16.1 Å². The lowest BCUT2D eigenvalue weighted by Crippen LogP contribution is -2.32. The number of methoxy groups -OCH3 is 1. The SMILES string of the molecule is CCOc1ccc(NC2=C(c3ccc(OC)cc3)C(=O)N(Cc3ccccn3)C2=O)cc1. The molecule has 1 aromatic heterocycles. The van der Waals surface area contributed by atoms with Crippen LogP contribution in [0.4, 0.5) is 5.69 Å². The first-order valence-corrected chi connectivity index (χ1v) is 10.3. The molecule has 3 aromatic rings. The molecule has 1 aliphatic rings. The zero-order chi connectivity index (χ0) is 22.5. The topological polar surface area (TPSA) is 80.8 Å². The number of aromatic nitrogens is 1. The van der Waals surface area contributed by atoms with Gasteiger partial charge in [-0.15, -0.1) is 0 Å². The van der Waals surface area contributed by atoms with Crippen LogP contribution in [0, 0.1) is 0 Å². The second-order valence-corrected chi connectivity index (χ2v) is 7.08. The molecule has 2 aromatic carbocycles. The first kappa shape index (κ1) is 21.1. The highest BCUT2D eigenvalue weighted by molar-refractivity contribution is 6.36. The van der Waals surface area contributed by atoms with Gasteiger partial charge in [0.25, 0.3) is 11.8 Å². The molecule has 7 nitrogen and oxygen atoms in total. The zero-order valence-corrected chi connectivity index (χ0v) is 17.9. The summed E-state index contributed by atoms with van der Waals surface area (Å²) in [7, 11) is 1.58. The second kappa shape index (κ2) is 9.34. The Labute approximate surface area is 186 Å². The zero-order valence-electron chi connectivity index (χ0n) is 17.9. The Kier molecular flexibility index (Phi) is 6.17. The van der Waals surface area contributed by atoms with Gasteiger partial charge >= 0.3 is 0 Å². The molecule has 7 heteroatoms. The Morgan fingerprint density at radius 2 is 1.62 bits per heavy atom. The number of benzene rings is 2. The molecule has 0 aliphatic carbocycles. The van der Waals surface area contributed by atoms with Crippen molar-refractivity contribution in [3.8, 4) is 11.5 Å². The van der Waals surface area contributed by atoms with Crippen molar-refractivity contribution in [2.45, 2.75) is 13.5 Å². The maximum Gasteiger partial charge on any atom is 0.278 e. The van der Waals surface area contributed by atoms with Gasteiger partial charge in [-0.05, 0) is 61.0 Å². The number of rotatable bonds is 8. The van der Waals surface area contributed by atoms with Crippen molar-refractivity contribution in [1.82, 2.24) is 9.88 Å². The third kappa shape index (κ3) is 4.32. The van der Waals surface area contributed by atoms with E-state index >= 15 is 0 Å². The maximum atomic E-state index is 13.3. The second-order valence-electron chi connectivity index (χ2n) is 7.08. The number of hydrogen-bond donors (Lipinski definition) is 1. The molecule has 0 saturated carbocycles. The van der Waals surface area contributed by atoms with Crippen LogP contribution in [0.2, 0.25) is 0 Å². The first-order chi connectivity index (χ1) is 15.6. The van der Waals surface area contributed by atoms with E-state index in [0.29, 0.717) is 34.9 Å². The Hall–Kier alpha value is -4.13. The van der Waals surface area contributed by atoms with Gasteiger partial charge in [0, 0.05) is 11.9 Å². The summed E-state index contributed by atoms with van der Waals surface area (Å²) in [5.74, 6) is 0.616. The normalized spacial score (nSPS) is 13.5. The Bertz CT molecular complexity index is 1140. The lowest BCUT2D eigenvalue weighted by Gasteiger charge is -2.15. The fourth-order valence-corrected chi connectivity index (χ4v) is 3.46. The minimum atomic E-state index is -0.402. The molecule has 0 bridgehead atoms. The van der Waals surface area contributed by atoms with Gasteiger partial charge in [0.2, 0.25) is 0 Å². The van der Waals surface area contributed by atoms with Gasteiger partial charge in [0.15, 0.2) is 0 Å². The summed E-state index contributed by atoms with van der Waals surface area (Å²) in [5.41, 5.74) is 2.46. The van der Waals surface area contributed by atoms with E-state index in [-0.39, 0.29) is 18.1 Å². The van der Waals surface area contributed by atoms with Crippen LogP contribution >= 0.6 is 0 Å². The van der Waals surface area contributed by atoms with Crippen molar-refractivity contribution in [3.05, 3.63) is 89.9 Å². The van der Waals surface area contributed by atoms with Crippen molar-refractivity contribution in [3.63, 3.8) is 0 Å². The summed E-state index contributed by atoms with van der Waals surface area (Å²) < 4.78 is 10.7. The number of anilines is 1. The van der Waals surface area contributed by atoms with E-state index in [0.717, 1.165) is 5.75 Å². The van der Waals surface area contributed by atoms with E-state index in [2.05, 4.69) is 10.3 Å². The van der Waals surface area contributed by atoms with Crippen LogP contribution in [0.15, 0.2) is 78.6 Å². The molecular weight excluding hydrogens is 406 g/mol. The van der Waals surface area contributed by atoms with E-state index in [4.69, 9.17) is 9.47 Å². The molecular formula is C25H23N3O4. The molecule has 0 radical (unpaired) electrons. The van der Waals surface area contributed by atoms with Crippen molar-refractivity contribution in [2.75, 3.05) is 19.0 Å². The molecule has 1 aliphatic heterocycles. The van der Waals surface area contributed by atoms with E-state index in [1.807, 2.05) is 37.3 Å². The fourth-order valence-electron chi connectivity index (χ4n) is 3.46. The van der Waals surface area contributed by atoms with Gasteiger partial charge in [0.05, 0.1) is 31.5 Å². The third-order valence-corrected chi connectivity index (χ3v) is 5.03. The number of pyridine rings is 1. The van der Waals surface area contributed by atoms with Gasteiger partial charge in [-0.2, -0.15) is 0 Å². The Morgan fingerprint density at radius 1 is 0.906 bits per heavy atom. The predicted molar refractivity (Wildman–Crippen MR) is 121 cm³/mol. The Morgan fingerprint density at radius 3 is 2.25 bits per heavy atom. The van der Waals surface area contributed by atoms with Crippen LogP contribution in [0.1, 0.15) is 18.2 Å². The molecule has 0 unspecified atom stereocenters. The summed E-state index contributed by atoms with van der Waals surface area (Å²) in [5, 5.41) is 3.14. The number of amides is 2. The minimum absolute atomic E-state index is 0.0899. The van der Waals surface area contributed by atoms with Gasteiger partial charge < -0.3 is 14.8 Å². The smallest absolute Gasteiger partial charge is 0.278 e. The van der Waals surface area contributed by atoms with Crippen molar-refractivity contribution in [2.24, 2.45) is 0 Å². The summed E-state index contributed by atoms with van der Waals surface area (Å²) >= 11 is 0. The number of ether oxygens (including phenoxy) is 2. The van der Waals surface area contributed by atoms with Crippen LogP contribution < -0.4 is 14.8 Å². The maximum absolute atomic E-state index is 13.3. The molecule has 0 atom stereocenters. The Balaban J connectivity index is 1.69. The van der Waals surface area contributed by atoms with Crippen molar-refractivity contribution >= 4 is 23.1 Å². The number of carbonyl (C=O) groups excluding carboxylic acids is 2. The summed E-state index contributed by atoms with van der Waals surface area (Å²) in [6.07, 6.45) is 1.64. The number of imide groups is 1. The van der Waals surface area contributed by atoms with Crippen LogP contribution in [0.25, 0.3) is 5.57 Å². The van der Waals surface area contributed by atoms with E-state index in [1.165, 1.54) is 4.90 Å². The van der Waals surface area contributed by atoms with Gasteiger partial charge in [-0.25, -0.2) is 0 Å². The van der Waals surface area contributed by atoms with Crippen LogP contribution in [0.3, 0.4) is 0 Å². The quantitative estimate of drug-likeness (QED) is 0.548. The summed E-state index contributed by atoms with van der Waals surface area (Å²) in [6, 6.07) is 19.7. The fraction of sp³-hybridized carbons (Fsp3) is 0.160. The molecule has 2 heterocycles. The highest BCUT2D eigenvalue weighted by Crippen LogP contribution is 2.32. The monoisotopic (exact) mass is 429 g/mol. The highest BCUT2D eigenvalue weighted by Gasteiger charge is 2.39. The molecule has 0 fully saturated rings. The standard InChI is InChI=1S/C25H23N3O4/c1-3-32-21-13-9-18(10-14-21)27-23-22(17-7-11-20(31-2)12-8-17)24(29)28(25(23)30)16-19-6-4-5-15-26-19/h4-15,27H,3,16H2,1-2H3. The highest BCUT2D eigenvalue weighted by atomic mass is 16.5. The third-order valence-electron chi connectivity index (χ3n) is 5.03. The molecule has 2 amide bonds. The van der Waals surface area contributed by atoms with E-state index in [1.54, 1.807) is 49.7 Å². The van der Waals surface area contributed by atoms with E-state index in [9.17, 15) is 9.59 Å². The van der Waals surface area contributed by atoms with Gasteiger partial charge in [0.1, 0.15) is 17.2 Å². The average molecular weight is 429 g/mol. The van der Waals surface area contributed by atoms with Crippen molar-refractivity contribution < 1.29 is 19.1 Å². The number of hydrogen-bond acceptors (Lipinski definition) is 6. The average Bonchev–Trinajstić information content (AvgIpc) is 3.05. The lowest BCUT2D eigenvalue weighted by molar-refractivity contribution is -0.137. The largest absolute Gasteiger partial charge is 0.497 e. The molecule has 0 spiro atoms. The lowest BCUT2D eigenvalue weighted by atomic mass is 10.0. The van der Waals surface area contributed by atoms with Gasteiger partial charge in [-0.3, -0.25) is 19.5 Å². The number of carbonyl (C=O) groups is 2. The molecule has 1 N–H and O–H groups in total. The van der Waals surface area contributed by atoms with Crippen LogP contribution in [-0.4, -0.2) is 35.4 Å². The van der Waals surface area contributed by atoms with Gasteiger partial charge in [-0.1, -0.05) is 18.2 Å². The summed E-state index contributed by atoms with van der Waals surface area (Å²) in [6.45, 7) is 2.57. The number of nitrogens with one attached hydrogen (secondary N) is 1. The first-order valence-electron chi connectivity index (χ1n) is 10.3. The molecule has 32 heavy (non-hydrogen) atoms.